The first-order chi connectivity index (χ1) is 9.05. The minimum Gasteiger partial charge on any atom is -0.376 e. The van der Waals surface area contributed by atoms with E-state index >= 15 is 0 Å². The molecule has 1 aliphatic carbocycles. The number of aromatic nitrogens is 1. The van der Waals surface area contributed by atoms with Crippen molar-refractivity contribution in [3.8, 4) is 0 Å². The van der Waals surface area contributed by atoms with Gasteiger partial charge < -0.3 is 10.1 Å². The summed E-state index contributed by atoms with van der Waals surface area (Å²) >= 11 is 0. The van der Waals surface area contributed by atoms with Gasteiger partial charge in [0.25, 0.3) is 0 Å². The monoisotopic (exact) mass is 274 g/mol. The zero-order valence-corrected chi connectivity index (χ0v) is 10.5. The van der Waals surface area contributed by atoms with Gasteiger partial charge in [0, 0.05) is 12.7 Å². The van der Waals surface area contributed by atoms with Crippen LogP contribution in [0.4, 0.5) is 19.0 Å². The number of hydrogen-bond acceptors (Lipinski definition) is 3. The van der Waals surface area contributed by atoms with Crippen LogP contribution in [0, 0.1) is 0 Å². The number of nitrogens with zero attached hydrogens (tertiary/aromatic N) is 1. The van der Waals surface area contributed by atoms with Crippen molar-refractivity contribution in [2.24, 2.45) is 0 Å². The number of hydrogen-bond donors (Lipinski definition) is 1. The molecule has 19 heavy (non-hydrogen) atoms. The van der Waals surface area contributed by atoms with E-state index in [0.29, 0.717) is 25.1 Å². The smallest absolute Gasteiger partial charge is 0.376 e. The predicted octanol–water partition coefficient (Wildman–Crippen LogP) is 3.47. The second-order valence-electron chi connectivity index (χ2n) is 4.63. The van der Waals surface area contributed by atoms with Crippen LogP contribution >= 0.6 is 0 Å². The fourth-order valence-corrected chi connectivity index (χ4v) is 2.13. The lowest BCUT2D eigenvalue weighted by Crippen LogP contribution is -2.16. The average Bonchev–Trinajstić information content (AvgIpc) is 2.87. The van der Waals surface area contributed by atoms with Gasteiger partial charge in [-0.25, -0.2) is 4.98 Å². The van der Waals surface area contributed by atoms with Crippen LogP contribution in [0.2, 0.25) is 0 Å². The third-order valence-electron chi connectivity index (χ3n) is 3.15. The Bertz CT molecular complexity index is 386. The zero-order valence-electron chi connectivity index (χ0n) is 10.5. The molecular formula is C13H17F3N2O. The van der Waals surface area contributed by atoms with Crippen LogP contribution in [0.15, 0.2) is 18.3 Å². The van der Waals surface area contributed by atoms with Crippen LogP contribution < -0.4 is 5.32 Å². The van der Waals surface area contributed by atoms with Gasteiger partial charge in [0.05, 0.1) is 18.3 Å². The Hall–Kier alpha value is -1.30. The molecule has 1 aliphatic rings. The summed E-state index contributed by atoms with van der Waals surface area (Å²) in [5.74, 6) is 0.433. The molecule has 0 bridgehead atoms. The van der Waals surface area contributed by atoms with E-state index in [1.165, 1.54) is 18.9 Å². The second kappa shape index (κ2) is 6.23. The van der Waals surface area contributed by atoms with E-state index in [-0.39, 0.29) is 0 Å². The molecule has 0 unspecified atom stereocenters. The Labute approximate surface area is 110 Å². The molecule has 106 valence electrons. The van der Waals surface area contributed by atoms with Crippen LogP contribution in [-0.4, -0.2) is 24.2 Å². The molecule has 3 nitrogen and oxygen atoms in total. The highest BCUT2D eigenvalue weighted by Crippen LogP contribution is 2.28. The Morgan fingerprint density at radius 3 is 2.58 bits per heavy atom. The number of anilines is 1. The number of ether oxygens (including phenoxy) is 1. The lowest BCUT2D eigenvalue weighted by Gasteiger charge is -2.12. The topological polar surface area (TPSA) is 34.1 Å². The predicted molar refractivity (Wildman–Crippen MR) is 65.9 cm³/mol. The normalized spacial score (nSPS) is 16.8. The maximum Gasteiger partial charge on any atom is 0.417 e. The van der Waals surface area contributed by atoms with Gasteiger partial charge in [0.1, 0.15) is 5.82 Å². The third kappa shape index (κ3) is 4.38. The average molecular weight is 274 g/mol. The highest BCUT2D eigenvalue weighted by Gasteiger charge is 2.30. The van der Waals surface area contributed by atoms with E-state index in [2.05, 4.69) is 10.3 Å². The van der Waals surface area contributed by atoms with E-state index in [0.717, 1.165) is 25.1 Å². The molecule has 1 aromatic rings. The minimum absolute atomic E-state index is 0.349. The van der Waals surface area contributed by atoms with Crippen molar-refractivity contribution in [3.05, 3.63) is 23.9 Å². The van der Waals surface area contributed by atoms with Crippen LogP contribution in [-0.2, 0) is 10.9 Å². The van der Waals surface area contributed by atoms with E-state index in [4.69, 9.17) is 4.74 Å². The minimum atomic E-state index is -4.34. The van der Waals surface area contributed by atoms with Crippen molar-refractivity contribution in [2.45, 2.75) is 38.0 Å². The second-order valence-corrected chi connectivity index (χ2v) is 4.63. The summed E-state index contributed by atoms with van der Waals surface area (Å²) in [7, 11) is 0. The van der Waals surface area contributed by atoms with Crippen molar-refractivity contribution < 1.29 is 17.9 Å². The van der Waals surface area contributed by atoms with E-state index < -0.39 is 11.7 Å². The first kappa shape index (κ1) is 14.1. The Balaban J connectivity index is 1.71. The standard InChI is InChI=1S/C13H17F3N2O/c14-13(15,16)10-5-6-12(18-9-10)17-7-8-19-11-3-1-2-4-11/h5-6,9,11H,1-4,7-8H2,(H,17,18). The highest BCUT2D eigenvalue weighted by molar-refractivity contribution is 5.35. The summed E-state index contributed by atoms with van der Waals surface area (Å²) in [6.07, 6.45) is 1.51. The van der Waals surface area contributed by atoms with Crippen LogP contribution in [0.25, 0.3) is 0 Å². The fraction of sp³-hybridized carbons (Fsp3) is 0.615. The van der Waals surface area contributed by atoms with Gasteiger partial charge in [-0.2, -0.15) is 13.2 Å². The molecule has 0 spiro atoms. The summed E-state index contributed by atoms with van der Waals surface area (Å²) < 4.78 is 42.6. The summed E-state index contributed by atoms with van der Waals surface area (Å²) in [4.78, 5) is 3.73. The van der Waals surface area contributed by atoms with Crippen LogP contribution in [0.3, 0.4) is 0 Å². The van der Waals surface area contributed by atoms with Gasteiger partial charge in [0.2, 0.25) is 0 Å². The van der Waals surface area contributed by atoms with E-state index in [9.17, 15) is 13.2 Å². The van der Waals surface area contributed by atoms with Crippen molar-refractivity contribution in [1.29, 1.82) is 0 Å². The quantitative estimate of drug-likeness (QED) is 0.835. The van der Waals surface area contributed by atoms with Crippen LogP contribution in [0.5, 0.6) is 0 Å². The zero-order chi connectivity index (χ0) is 13.7. The molecule has 6 heteroatoms. The molecule has 0 aliphatic heterocycles. The van der Waals surface area contributed by atoms with Gasteiger partial charge in [-0.15, -0.1) is 0 Å². The molecule has 0 amide bonds. The molecule has 0 aromatic carbocycles. The SMILES string of the molecule is FC(F)(F)c1ccc(NCCOC2CCCC2)nc1. The largest absolute Gasteiger partial charge is 0.417 e. The Morgan fingerprint density at radius 2 is 2.00 bits per heavy atom. The molecule has 0 radical (unpaired) electrons. The Kier molecular flexibility index (Phi) is 4.63. The number of alkyl halides is 3. The molecule has 0 saturated heterocycles. The lowest BCUT2D eigenvalue weighted by atomic mass is 10.3. The molecule has 1 N–H and O–H groups in total. The van der Waals surface area contributed by atoms with Crippen molar-refractivity contribution in [1.82, 2.24) is 4.98 Å². The summed E-state index contributed by atoms with van der Waals surface area (Å²) in [6, 6.07) is 2.35. The molecule has 0 atom stereocenters. The number of halogens is 3. The van der Waals surface area contributed by atoms with Crippen LogP contribution in [0.1, 0.15) is 31.2 Å². The van der Waals surface area contributed by atoms with E-state index in [1.807, 2.05) is 0 Å². The lowest BCUT2D eigenvalue weighted by molar-refractivity contribution is -0.137. The van der Waals surface area contributed by atoms with Gasteiger partial charge in [-0.3, -0.25) is 0 Å². The van der Waals surface area contributed by atoms with Gasteiger partial charge in [-0.05, 0) is 25.0 Å². The molecule has 1 fully saturated rings. The maximum absolute atomic E-state index is 12.3. The van der Waals surface area contributed by atoms with Gasteiger partial charge >= 0.3 is 6.18 Å². The van der Waals surface area contributed by atoms with E-state index in [1.54, 1.807) is 0 Å². The first-order valence-corrected chi connectivity index (χ1v) is 6.44. The number of nitrogens with one attached hydrogen (secondary N) is 1. The first-order valence-electron chi connectivity index (χ1n) is 6.44. The molecule has 2 rings (SSSR count). The maximum atomic E-state index is 12.3. The Morgan fingerprint density at radius 1 is 1.26 bits per heavy atom. The molecule has 1 saturated carbocycles. The van der Waals surface area contributed by atoms with Crippen molar-refractivity contribution >= 4 is 5.82 Å². The van der Waals surface area contributed by atoms with Gasteiger partial charge in [0.15, 0.2) is 0 Å². The number of pyridine rings is 1. The molecular weight excluding hydrogens is 257 g/mol. The summed E-state index contributed by atoms with van der Waals surface area (Å²) in [5.41, 5.74) is -0.736. The summed E-state index contributed by atoms with van der Waals surface area (Å²) in [6.45, 7) is 1.10. The molecule has 1 heterocycles. The molecule has 1 aromatic heterocycles. The van der Waals surface area contributed by atoms with Gasteiger partial charge in [-0.1, -0.05) is 12.8 Å². The number of rotatable bonds is 5. The fourth-order valence-electron chi connectivity index (χ4n) is 2.13. The highest BCUT2D eigenvalue weighted by atomic mass is 19.4. The summed E-state index contributed by atoms with van der Waals surface area (Å²) in [5, 5.41) is 2.94. The van der Waals surface area contributed by atoms with Crippen molar-refractivity contribution in [3.63, 3.8) is 0 Å². The van der Waals surface area contributed by atoms with Crippen molar-refractivity contribution in [2.75, 3.05) is 18.5 Å². The third-order valence-corrected chi connectivity index (χ3v) is 3.15.